The highest BCUT2D eigenvalue weighted by molar-refractivity contribution is 9.10. The predicted molar refractivity (Wildman–Crippen MR) is 78.8 cm³/mol. The van der Waals surface area contributed by atoms with E-state index in [0.717, 1.165) is 11.3 Å². The molecule has 0 saturated carbocycles. The van der Waals surface area contributed by atoms with Crippen LogP contribution < -0.4 is 4.72 Å². The van der Waals surface area contributed by atoms with Crippen molar-refractivity contribution in [1.82, 2.24) is 4.98 Å². The molecule has 106 valence electrons. The van der Waals surface area contributed by atoms with E-state index in [-0.39, 0.29) is 15.6 Å². The average Bonchev–Trinajstić information content (AvgIpc) is 2.75. The van der Waals surface area contributed by atoms with Crippen molar-refractivity contribution in [2.75, 3.05) is 4.72 Å². The maximum atomic E-state index is 12.3. The molecule has 6 nitrogen and oxygen atoms in total. The first kappa shape index (κ1) is 14.9. The summed E-state index contributed by atoms with van der Waals surface area (Å²) in [7, 11) is -3.99. The summed E-state index contributed by atoms with van der Waals surface area (Å²) in [5.41, 5.74) is 0.386. The van der Waals surface area contributed by atoms with Crippen LogP contribution in [0.3, 0.4) is 0 Å². The maximum absolute atomic E-state index is 12.3. The summed E-state index contributed by atoms with van der Waals surface area (Å²) in [5.74, 6) is -1.15. The zero-order valence-corrected chi connectivity index (χ0v) is 13.3. The third kappa shape index (κ3) is 3.00. The summed E-state index contributed by atoms with van der Waals surface area (Å²) in [6, 6.07) is 3.10. The maximum Gasteiger partial charge on any atom is 0.347 e. The minimum Gasteiger partial charge on any atom is -0.477 e. The van der Waals surface area contributed by atoms with Gasteiger partial charge in [-0.25, -0.2) is 18.2 Å². The van der Waals surface area contributed by atoms with Gasteiger partial charge in [0.1, 0.15) is 15.6 Å². The molecule has 0 aromatic carbocycles. The highest BCUT2D eigenvalue weighted by Gasteiger charge is 2.27. The molecular formula is C11H9BrN2O4S2. The van der Waals surface area contributed by atoms with E-state index in [1.165, 1.54) is 17.6 Å². The van der Waals surface area contributed by atoms with Crippen LogP contribution in [-0.4, -0.2) is 24.5 Å². The lowest BCUT2D eigenvalue weighted by molar-refractivity contribution is 0.0698. The second-order valence-electron chi connectivity index (χ2n) is 3.85. The topological polar surface area (TPSA) is 96.4 Å². The van der Waals surface area contributed by atoms with Crippen LogP contribution in [0.1, 0.15) is 15.2 Å². The molecule has 0 amide bonds. The summed E-state index contributed by atoms with van der Waals surface area (Å²) in [4.78, 5) is 14.5. The number of carboxylic acid groups (broad SMARTS) is 1. The van der Waals surface area contributed by atoms with Gasteiger partial charge in [0.05, 0.1) is 0 Å². The van der Waals surface area contributed by atoms with Crippen molar-refractivity contribution in [2.24, 2.45) is 0 Å². The van der Waals surface area contributed by atoms with Crippen molar-refractivity contribution in [3.8, 4) is 0 Å². The molecular weight excluding hydrogens is 368 g/mol. The molecule has 0 unspecified atom stereocenters. The van der Waals surface area contributed by atoms with E-state index in [1.54, 1.807) is 13.0 Å². The van der Waals surface area contributed by atoms with Gasteiger partial charge in [-0.2, -0.15) is 0 Å². The number of hydrogen-bond acceptors (Lipinski definition) is 5. The van der Waals surface area contributed by atoms with Gasteiger partial charge in [0, 0.05) is 10.7 Å². The molecule has 2 aromatic rings. The standard InChI is InChI=1S/C11H9BrN2O4S2/c1-6-5-19-9(11(15)16)10(6)20(17,18)14-8-3-2-7(12)4-13-8/h2-5H,1H3,(H,13,14)(H,15,16). The van der Waals surface area contributed by atoms with Crippen molar-refractivity contribution in [2.45, 2.75) is 11.8 Å². The van der Waals surface area contributed by atoms with Crippen LogP contribution in [0.25, 0.3) is 0 Å². The van der Waals surface area contributed by atoms with Crippen molar-refractivity contribution in [3.05, 3.63) is 38.6 Å². The second kappa shape index (κ2) is 5.51. The van der Waals surface area contributed by atoms with Crippen LogP contribution >= 0.6 is 27.3 Å². The molecule has 0 aliphatic carbocycles. The number of halogens is 1. The molecule has 0 radical (unpaired) electrons. The predicted octanol–water partition coefficient (Wildman–Crippen LogP) is 2.71. The zero-order valence-electron chi connectivity index (χ0n) is 10.1. The summed E-state index contributed by atoms with van der Waals surface area (Å²) >= 11 is 4.07. The summed E-state index contributed by atoms with van der Waals surface area (Å²) in [5, 5.41) is 10.5. The Hall–Kier alpha value is -1.45. The van der Waals surface area contributed by atoms with Crippen LogP contribution in [0.2, 0.25) is 0 Å². The Balaban J connectivity index is 2.43. The lowest BCUT2D eigenvalue weighted by atomic mass is 10.3. The number of aromatic carboxylic acids is 1. The van der Waals surface area contributed by atoms with Crippen LogP contribution in [0, 0.1) is 6.92 Å². The molecule has 0 saturated heterocycles. The normalized spacial score (nSPS) is 11.3. The Morgan fingerprint density at radius 3 is 2.70 bits per heavy atom. The van der Waals surface area contributed by atoms with Crippen molar-refractivity contribution < 1.29 is 18.3 Å². The monoisotopic (exact) mass is 376 g/mol. The van der Waals surface area contributed by atoms with Gasteiger partial charge < -0.3 is 5.11 Å². The third-order valence-corrected chi connectivity index (χ3v) is 5.57. The fraction of sp³-hybridized carbons (Fsp3) is 0.0909. The Labute approximate surface area is 127 Å². The first-order chi connectivity index (χ1) is 9.31. The number of nitrogens with one attached hydrogen (secondary N) is 1. The number of rotatable bonds is 4. The SMILES string of the molecule is Cc1csc(C(=O)O)c1S(=O)(=O)Nc1ccc(Br)cn1. The smallest absolute Gasteiger partial charge is 0.347 e. The van der Waals surface area contributed by atoms with Gasteiger partial charge >= 0.3 is 5.97 Å². The van der Waals surface area contributed by atoms with Crippen molar-refractivity contribution in [3.63, 3.8) is 0 Å². The minimum atomic E-state index is -3.99. The first-order valence-electron chi connectivity index (χ1n) is 5.27. The Bertz CT molecular complexity index is 753. The van der Waals surface area contributed by atoms with Crippen LogP contribution in [0.5, 0.6) is 0 Å². The summed E-state index contributed by atoms with van der Waals surface area (Å²) in [6.07, 6.45) is 1.44. The van der Waals surface area contributed by atoms with Gasteiger partial charge in [-0.1, -0.05) is 0 Å². The Kier molecular flexibility index (Phi) is 4.11. The molecule has 0 aliphatic heterocycles. The van der Waals surface area contributed by atoms with E-state index in [0.29, 0.717) is 10.0 Å². The number of anilines is 1. The zero-order chi connectivity index (χ0) is 14.9. The largest absolute Gasteiger partial charge is 0.477 e. The van der Waals surface area contributed by atoms with Gasteiger partial charge in [0.15, 0.2) is 0 Å². The molecule has 0 spiro atoms. The lowest BCUT2D eigenvalue weighted by Crippen LogP contribution is -2.17. The van der Waals surface area contributed by atoms with Crippen molar-refractivity contribution >= 4 is 49.1 Å². The van der Waals surface area contributed by atoms with E-state index < -0.39 is 16.0 Å². The summed E-state index contributed by atoms with van der Waals surface area (Å²) in [6.45, 7) is 1.55. The molecule has 2 N–H and O–H groups in total. The van der Waals surface area contributed by atoms with Gasteiger partial charge in [0.25, 0.3) is 10.0 Å². The molecule has 0 bridgehead atoms. The van der Waals surface area contributed by atoms with Gasteiger partial charge in [-0.15, -0.1) is 11.3 Å². The Morgan fingerprint density at radius 2 is 2.15 bits per heavy atom. The number of hydrogen-bond donors (Lipinski definition) is 2. The van der Waals surface area contributed by atoms with E-state index in [2.05, 4.69) is 25.6 Å². The van der Waals surface area contributed by atoms with E-state index >= 15 is 0 Å². The molecule has 2 aromatic heterocycles. The number of aryl methyl sites for hydroxylation is 1. The number of sulfonamides is 1. The minimum absolute atomic E-state index is 0.120. The van der Waals surface area contributed by atoms with Crippen molar-refractivity contribution in [1.29, 1.82) is 0 Å². The van der Waals surface area contributed by atoms with Crippen LogP contribution in [0.15, 0.2) is 33.1 Å². The quantitative estimate of drug-likeness (QED) is 0.854. The van der Waals surface area contributed by atoms with Gasteiger partial charge in [-0.05, 0) is 45.9 Å². The Morgan fingerprint density at radius 1 is 1.45 bits per heavy atom. The fourth-order valence-electron chi connectivity index (χ4n) is 1.54. The highest BCUT2D eigenvalue weighted by Crippen LogP contribution is 2.28. The average molecular weight is 377 g/mol. The van der Waals surface area contributed by atoms with E-state index in [1.807, 2.05) is 0 Å². The van der Waals surface area contributed by atoms with Crippen LogP contribution in [0.4, 0.5) is 5.82 Å². The van der Waals surface area contributed by atoms with Gasteiger partial charge in [-0.3, -0.25) is 4.72 Å². The lowest BCUT2D eigenvalue weighted by Gasteiger charge is -2.08. The molecule has 0 atom stereocenters. The first-order valence-corrected chi connectivity index (χ1v) is 8.42. The number of aromatic nitrogens is 1. The highest BCUT2D eigenvalue weighted by atomic mass is 79.9. The second-order valence-corrected chi connectivity index (χ2v) is 7.26. The summed E-state index contributed by atoms with van der Waals surface area (Å²) < 4.78 is 27.5. The third-order valence-electron chi connectivity index (χ3n) is 2.35. The fourth-order valence-corrected chi connectivity index (χ4v) is 4.42. The van der Waals surface area contributed by atoms with Gasteiger partial charge in [0.2, 0.25) is 0 Å². The van der Waals surface area contributed by atoms with Crippen LogP contribution in [-0.2, 0) is 10.0 Å². The van der Waals surface area contributed by atoms with E-state index in [9.17, 15) is 13.2 Å². The number of pyridine rings is 1. The number of nitrogens with zero attached hydrogens (tertiary/aromatic N) is 1. The number of carbonyl (C=O) groups is 1. The molecule has 9 heteroatoms. The number of carboxylic acids is 1. The van der Waals surface area contributed by atoms with E-state index in [4.69, 9.17) is 5.11 Å². The molecule has 2 heterocycles. The molecule has 0 aliphatic rings. The molecule has 0 fully saturated rings. The molecule has 2 rings (SSSR count). The number of thiophene rings is 1. The molecule has 20 heavy (non-hydrogen) atoms.